The van der Waals surface area contributed by atoms with Crippen molar-refractivity contribution in [2.45, 2.75) is 13.8 Å². The first-order chi connectivity index (χ1) is 7.04. The quantitative estimate of drug-likeness (QED) is 0.886. The molecule has 1 rings (SSSR count). The minimum atomic E-state index is -0.168. The molecule has 0 fully saturated rings. The Balaban J connectivity index is 2.77. The van der Waals surface area contributed by atoms with Crippen LogP contribution in [-0.4, -0.2) is 12.5 Å². The summed E-state index contributed by atoms with van der Waals surface area (Å²) >= 11 is 3.40. The van der Waals surface area contributed by atoms with Crippen molar-refractivity contribution in [2.24, 2.45) is 11.7 Å². The predicted octanol–water partition coefficient (Wildman–Crippen LogP) is 2.29. The van der Waals surface area contributed by atoms with Crippen LogP contribution in [0.5, 0.6) is 0 Å². The van der Waals surface area contributed by atoms with E-state index in [-0.39, 0.29) is 11.8 Å². The zero-order valence-electron chi connectivity index (χ0n) is 8.88. The van der Waals surface area contributed by atoms with Crippen molar-refractivity contribution >= 4 is 27.5 Å². The number of hydrogen-bond donors (Lipinski definition) is 2. The summed E-state index contributed by atoms with van der Waals surface area (Å²) in [7, 11) is 0. The first-order valence-corrected chi connectivity index (χ1v) is 5.61. The minimum Gasteiger partial charge on any atom is -0.330 e. The summed E-state index contributed by atoms with van der Waals surface area (Å²) < 4.78 is 0.889. The number of amides is 1. The highest BCUT2D eigenvalue weighted by Gasteiger charge is 2.11. The Kier molecular flexibility index (Phi) is 4.29. The molecule has 4 heteroatoms. The van der Waals surface area contributed by atoms with Crippen LogP contribution in [0.1, 0.15) is 12.5 Å². The van der Waals surface area contributed by atoms with Crippen LogP contribution in [0.4, 0.5) is 5.69 Å². The van der Waals surface area contributed by atoms with Crippen molar-refractivity contribution in [1.29, 1.82) is 0 Å². The van der Waals surface area contributed by atoms with E-state index in [9.17, 15) is 4.79 Å². The van der Waals surface area contributed by atoms with E-state index in [4.69, 9.17) is 5.73 Å². The summed E-state index contributed by atoms with van der Waals surface area (Å²) in [5.41, 5.74) is 7.34. The van der Waals surface area contributed by atoms with Gasteiger partial charge in [0, 0.05) is 16.9 Å². The number of nitrogens with two attached hydrogens (primary N) is 1. The van der Waals surface area contributed by atoms with Gasteiger partial charge in [-0.05, 0) is 40.5 Å². The number of hydrogen-bond acceptors (Lipinski definition) is 2. The highest BCUT2D eigenvalue weighted by atomic mass is 79.9. The Labute approximate surface area is 98.2 Å². The fourth-order valence-corrected chi connectivity index (χ4v) is 1.68. The van der Waals surface area contributed by atoms with Crippen LogP contribution >= 0.6 is 15.9 Å². The lowest BCUT2D eigenvalue weighted by Crippen LogP contribution is -2.26. The van der Waals surface area contributed by atoms with Crippen LogP contribution in [0.2, 0.25) is 0 Å². The summed E-state index contributed by atoms with van der Waals surface area (Å²) in [5.74, 6) is -0.222. The average Bonchev–Trinajstić information content (AvgIpc) is 2.20. The average molecular weight is 271 g/mol. The van der Waals surface area contributed by atoms with Gasteiger partial charge in [0.2, 0.25) is 5.91 Å². The third-order valence-electron chi connectivity index (χ3n) is 2.18. The maximum absolute atomic E-state index is 11.6. The fourth-order valence-electron chi connectivity index (χ4n) is 1.08. The van der Waals surface area contributed by atoms with Crippen molar-refractivity contribution in [3.05, 3.63) is 28.2 Å². The van der Waals surface area contributed by atoms with Crippen molar-refractivity contribution in [3.63, 3.8) is 0 Å². The molecule has 82 valence electrons. The Bertz CT molecular complexity index is 366. The lowest BCUT2D eigenvalue weighted by atomic mass is 10.1. The number of halogens is 1. The largest absolute Gasteiger partial charge is 0.330 e. The highest BCUT2D eigenvalue weighted by molar-refractivity contribution is 9.10. The molecule has 1 unspecified atom stereocenters. The summed E-state index contributed by atoms with van der Waals surface area (Å²) in [6.07, 6.45) is 0. The molecule has 0 aliphatic carbocycles. The van der Waals surface area contributed by atoms with Gasteiger partial charge in [0.15, 0.2) is 0 Å². The van der Waals surface area contributed by atoms with Gasteiger partial charge in [-0.3, -0.25) is 4.79 Å². The molecular formula is C11H15BrN2O. The highest BCUT2D eigenvalue weighted by Crippen LogP contribution is 2.23. The SMILES string of the molecule is Cc1ccc(NC(=O)C(C)CN)c(Br)c1. The van der Waals surface area contributed by atoms with Gasteiger partial charge in [0.25, 0.3) is 0 Å². The van der Waals surface area contributed by atoms with Gasteiger partial charge < -0.3 is 11.1 Å². The Hall–Kier alpha value is -0.870. The monoisotopic (exact) mass is 270 g/mol. The molecule has 0 radical (unpaired) electrons. The van der Waals surface area contributed by atoms with E-state index in [1.54, 1.807) is 6.92 Å². The van der Waals surface area contributed by atoms with E-state index in [2.05, 4.69) is 21.2 Å². The number of benzene rings is 1. The van der Waals surface area contributed by atoms with Crippen LogP contribution in [-0.2, 0) is 4.79 Å². The molecule has 0 saturated carbocycles. The molecule has 1 amide bonds. The van der Waals surface area contributed by atoms with Crippen LogP contribution in [0, 0.1) is 12.8 Å². The smallest absolute Gasteiger partial charge is 0.228 e. The van der Waals surface area contributed by atoms with Gasteiger partial charge in [0.1, 0.15) is 0 Å². The molecule has 0 bridgehead atoms. The Morgan fingerprint density at radius 2 is 2.27 bits per heavy atom. The summed E-state index contributed by atoms with van der Waals surface area (Å²) in [6, 6.07) is 5.79. The van der Waals surface area contributed by atoms with Gasteiger partial charge in [-0.2, -0.15) is 0 Å². The Morgan fingerprint density at radius 3 is 2.80 bits per heavy atom. The van der Waals surface area contributed by atoms with E-state index in [0.29, 0.717) is 6.54 Å². The molecule has 0 aliphatic rings. The standard InChI is InChI=1S/C11H15BrN2O/c1-7-3-4-10(9(12)5-7)14-11(15)8(2)6-13/h3-5,8H,6,13H2,1-2H3,(H,14,15). The predicted molar refractivity (Wildman–Crippen MR) is 65.7 cm³/mol. The zero-order valence-corrected chi connectivity index (χ0v) is 10.5. The van der Waals surface area contributed by atoms with Crippen molar-refractivity contribution in [2.75, 3.05) is 11.9 Å². The summed E-state index contributed by atoms with van der Waals surface area (Å²) in [6.45, 7) is 4.16. The maximum atomic E-state index is 11.6. The molecule has 0 spiro atoms. The van der Waals surface area contributed by atoms with Gasteiger partial charge in [-0.25, -0.2) is 0 Å². The number of anilines is 1. The van der Waals surface area contributed by atoms with E-state index in [1.165, 1.54) is 0 Å². The van der Waals surface area contributed by atoms with Crippen LogP contribution in [0.15, 0.2) is 22.7 Å². The number of carbonyl (C=O) groups excluding carboxylic acids is 1. The van der Waals surface area contributed by atoms with Crippen LogP contribution in [0.25, 0.3) is 0 Å². The second kappa shape index (κ2) is 5.28. The summed E-state index contributed by atoms with van der Waals surface area (Å²) in [4.78, 5) is 11.6. The normalized spacial score (nSPS) is 12.3. The molecule has 15 heavy (non-hydrogen) atoms. The summed E-state index contributed by atoms with van der Waals surface area (Å²) in [5, 5.41) is 2.82. The van der Waals surface area contributed by atoms with E-state index in [1.807, 2.05) is 25.1 Å². The third kappa shape index (κ3) is 3.32. The van der Waals surface area contributed by atoms with Crippen molar-refractivity contribution in [1.82, 2.24) is 0 Å². The molecular weight excluding hydrogens is 256 g/mol. The first-order valence-electron chi connectivity index (χ1n) is 4.81. The topological polar surface area (TPSA) is 55.1 Å². The van der Waals surface area contributed by atoms with E-state index < -0.39 is 0 Å². The molecule has 0 saturated heterocycles. The second-order valence-electron chi connectivity index (χ2n) is 3.61. The lowest BCUT2D eigenvalue weighted by Gasteiger charge is -2.11. The second-order valence-corrected chi connectivity index (χ2v) is 4.46. The number of nitrogens with one attached hydrogen (secondary N) is 1. The number of carbonyl (C=O) groups is 1. The van der Waals surface area contributed by atoms with Gasteiger partial charge in [-0.1, -0.05) is 13.0 Å². The van der Waals surface area contributed by atoms with Crippen LogP contribution < -0.4 is 11.1 Å². The molecule has 1 aromatic carbocycles. The zero-order chi connectivity index (χ0) is 11.4. The van der Waals surface area contributed by atoms with Crippen molar-refractivity contribution in [3.8, 4) is 0 Å². The molecule has 1 atom stereocenters. The first kappa shape index (κ1) is 12.2. The maximum Gasteiger partial charge on any atom is 0.228 e. The van der Waals surface area contributed by atoms with Crippen molar-refractivity contribution < 1.29 is 4.79 Å². The third-order valence-corrected chi connectivity index (χ3v) is 2.84. The molecule has 0 aromatic heterocycles. The Morgan fingerprint density at radius 1 is 1.60 bits per heavy atom. The molecule has 1 aromatic rings. The molecule has 3 N–H and O–H groups in total. The molecule has 0 heterocycles. The van der Waals surface area contributed by atoms with Crippen LogP contribution in [0.3, 0.4) is 0 Å². The van der Waals surface area contributed by atoms with Gasteiger partial charge in [-0.15, -0.1) is 0 Å². The molecule has 0 aliphatic heterocycles. The number of aryl methyl sites for hydroxylation is 1. The molecule has 3 nitrogen and oxygen atoms in total. The minimum absolute atomic E-state index is 0.0537. The van der Waals surface area contributed by atoms with E-state index in [0.717, 1.165) is 15.7 Å². The lowest BCUT2D eigenvalue weighted by molar-refractivity contribution is -0.119. The van der Waals surface area contributed by atoms with Gasteiger partial charge in [0.05, 0.1) is 5.69 Å². The van der Waals surface area contributed by atoms with Gasteiger partial charge >= 0.3 is 0 Å². The fraction of sp³-hybridized carbons (Fsp3) is 0.364. The number of rotatable bonds is 3. The van der Waals surface area contributed by atoms with E-state index >= 15 is 0 Å².